The molecule has 0 atom stereocenters. The molecule has 0 bridgehead atoms. The van der Waals surface area contributed by atoms with Crippen molar-refractivity contribution in [3.05, 3.63) is 63.9 Å². The van der Waals surface area contributed by atoms with Crippen LogP contribution in [0.5, 0.6) is 0 Å². The third kappa shape index (κ3) is 4.39. The van der Waals surface area contributed by atoms with Gasteiger partial charge in [0.15, 0.2) is 0 Å². The average molecular weight is 365 g/mol. The predicted molar refractivity (Wildman–Crippen MR) is 86.0 cm³/mol. The largest absolute Gasteiger partial charge is 0.352 e. The lowest BCUT2D eigenvalue weighted by atomic mass is 10.1. The smallest absolute Gasteiger partial charge is 0.255 e. The highest BCUT2D eigenvalue weighted by atomic mass is 79.9. The van der Waals surface area contributed by atoms with E-state index in [-0.39, 0.29) is 11.6 Å². The van der Waals surface area contributed by atoms with Gasteiger partial charge in [-0.3, -0.25) is 9.59 Å². The van der Waals surface area contributed by atoms with Gasteiger partial charge in [0.1, 0.15) is 5.82 Å². The van der Waals surface area contributed by atoms with E-state index in [9.17, 15) is 14.0 Å². The van der Waals surface area contributed by atoms with Gasteiger partial charge >= 0.3 is 0 Å². The second-order valence-electron chi connectivity index (χ2n) is 4.68. The third-order valence-electron chi connectivity index (χ3n) is 2.94. The summed E-state index contributed by atoms with van der Waals surface area (Å²) in [5.41, 5.74) is 1.41. The van der Waals surface area contributed by atoms with Crippen molar-refractivity contribution in [1.82, 2.24) is 5.32 Å². The number of hydrogen-bond acceptors (Lipinski definition) is 2. The first-order chi connectivity index (χ1) is 10.5. The van der Waals surface area contributed by atoms with Crippen LogP contribution >= 0.6 is 15.9 Å². The van der Waals surface area contributed by atoms with Crippen molar-refractivity contribution in [1.29, 1.82) is 0 Å². The molecule has 22 heavy (non-hydrogen) atoms. The summed E-state index contributed by atoms with van der Waals surface area (Å²) in [4.78, 5) is 22.9. The first-order valence-electron chi connectivity index (χ1n) is 6.55. The van der Waals surface area contributed by atoms with Crippen LogP contribution in [-0.2, 0) is 11.3 Å². The summed E-state index contributed by atoms with van der Waals surface area (Å²) in [6.07, 6.45) is 0. The van der Waals surface area contributed by atoms with Gasteiger partial charge in [0.25, 0.3) is 5.91 Å². The predicted octanol–water partition coefficient (Wildman–Crippen LogP) is 3.48. The highest BCUT2D eigenvalue weighted by Crippen LogP contribution is 2.20. The van der Waals surface area contributed by atoms with Crippen molar-refractivity contribution < 1.29 is 14.0 Å². The lowest BCUT2D eigenvalue weighted by Gasteiger charge is -2.08. The van der Waals surface area contributed by atoms with Gasteiger partial charge < -0.3 is 10.6 Å². The molecule has 0 saturated carbocycles. The molecule has 0 aliphatic rings. The number of amides is 2. The van der Waals surface area contributed by atoms with E-state index >= 15 is 0 Å². The molecule has 0 spiro atoms. The zero-order valence-corrected chi connectivity index (χ0v) is 13.4. The molecule has 4 nitrogen and oxygen atoms in total. The van der Waals surface area contributed by atoms with Crippen LogP contribution in [-0.4, -0.2) is 11.8 Å². The Bertz CT molecular complexity index is 702. The van der Waals surface area contributed by atoms with Crippen LogP contribution in [0.4, 0.5) is 10.1 Å². The molecule has 2 rings (SSSR count). The molecule has 0 fully saturated rings. The fourth-order valence-corrected chi connectivity index (χ4v) is 2.12. The minimum absolute atomic E-state index is 0.118. The standard InChI is InChI=1S/C16H14BrFN2O2/c1-10(21)19-9-11-2-4-12(5-3-11)16(22)20-15-7-6-13(17)8-14(15)18/h2-8H,9H2,1H3,(H,19,21)(H,20,22). The van der Waals surface area contributed by atoms with Gasteiger partial charge in [0.2, 0.25) is 5.91 Å². The highest BCUT2D eigenvalue weighted by molar-refractivity contribution is 9.10. The maximum atomic E-state index is 13.7. The molecule has 2 aromatic carbocycles. The van der Waals surface area contributed by atoms with Crippen LogP contribution in [0.3, 0.4) is 0 Å². The Morgan fingerprint density at radius 2 is 1.82 bits per heavy atom. The second-order valence-corrected chi connectivity index (χ2v) is 5.60. The molecular formula is C16H14BrFN2O2. The summed E-state index contributed by atoms with van der Waals surface area (Å²) in [6.45, 7) is 1.84. The Kier molecular flexibility index (Phi) is 5.27. The molecule has 0 aliphatic carbocycles. The zero-order chi connectivity index (χ0) is 16.1. The van der Waals surface area contributed by atoms with Crippen LogP contribution in [0.15, 0.2) is 46.9 Å². The van der Waals surface area contributed by atoms with E-state index < -0.39 is 11.7 Å². The van der Waals surface area contributed by atoms with Gasteiger partial charge in [-0.25, -0.2) is 4.39 Å². The SMILES string of the molecule is CC(=O)NCc1ccc(C(=O)Nc2ccc(Br)cc2F)cc1. The van der Waals surface area contributed by atoms with E-state index in [0.717, 1.165) is 5.56 Å². The molecule has 0 heterocycles. The fraction of sp³-hybridized carbons (Fsp3) is 0.125. The van der Waals surface area contributed by atoms with E-state index in [1.807, 2.05) is 0 Å². The van der Waals surface area contributed by atoms with Gasteiger partial charge in [0.05, 0.1) is 5.69 Å². The Morgan fingerprint density at radius 1 is 1.14 bits per heavy atom. The maximum Gasteiger partial charge on any atom is 0.255 e. The minimum atomic E-state index is -0.509. The van der Waals surface area contributed by atoms with Crippen molar-refractivity contribution in [2.24, 2.45) is 0 Å². The summed E-state index contributed by atoms with van der Waals surface area (Å²) >= 11 is 3.16. The number of rotatable bonds is 4. The maximum absolute atomic E-state index is 13.7. The summed E-state index contributed by atoms with van der Waals surface area (Å²) in [7, 11) is 0. The third-order valence-corrected chi connectivity index (χ3v) is 3.43. The van der Waals surface area contributed by atoms with Gasteiger partial charge in [-0.15, -0.1) is 0 Å². The molecule has 0 aromatic heterocycles. The van der Waals surface area contributed by atoms with Gasteiger partial charge in [0, 0.05) is 23.5 Å². The van der Waals surface area contributed by atoms with E-state index in [0.29, 0.717) is 16.6 Å². The van der Waals surface area contributed by atoms with E-state index in [4.69, 9.17) is 0 Å². The first kappa shape index (κ1) is 16.2. The summed E-state index contributed by atoms with van der Waals surface area (Å²) in [5, 5.41) is 5.19. The lowest BCUT2D eigenvalue weighted by Crippen LogP contribution is -2.19. The molecule has 0 unspecified atom stereocenters. The Balaban J connectivity index is 2.04. The van der Waals surface area contributed by atoms with Gasteiger partial charge in [-0.1, -0.05) is 28.1 Å². The number of carbonyl (C=O) groups excluding carboxylic acids is 2. The summed E-state index contributed by atoms with van der Waals surface area (Å²) in [5.74, 6) is -1.02. The summed E-state index contributed by atoms with van der Waals surface area (Å²) in [6, 6.07) is 11.2. The van der Waals surface area contributed by atoms with Crippen molar-refractivity contribution >= 4 is 33.4 Å². The van der Waals surface area contributed by atoms with Crippen LogP contribution in [0.2, 0.25) is 0 Å². The monoisotopic (exact) mass is 364 g/mol. The van der Waals surface area contributed by atoms with Crippen molar-refractivity contribution in [2.75, 3.05) is 5.32 Å². The van der Waals surface area contributed by atoms with Crippen molar-refractivity contribution in [3.8, 4) is 0 Å². The van der Waals surface area contributed by atoms with Gasteiger partial charge in [-0.05, 0) is 35.9 Å². The minimum Gasteiger partial charge on any atom is -0.352 e. The number of anilines is 1. The molecule has 6 heteroatoms. The molecule has 114 valence electrons. The molecular weight excluding hydrogens is 351 g/mol. The molecule has 2 amide bonds. The van der Waals surface area contributed by atoms with E-state index in [1.165, 1.54) is 19.1 Å². The van der Waals surface area contributed by atoms with Crippen LogP contribution < -0.4 is 10.6 Å². The molecule has 0 aliphatic heterocycles. The van der Waals surface area contributed by atoms with Crippen molar-refractivity contribution in [3.63, 3.8) is 0 Å². The van der Waals surface area contributed by atoms with Gasteiger partial charge in [-0.2, -0.15) is 0 Å². The Labute approximate surface area is 135 Å². The average Bonchev–Trinajstić information content (AvgIpc) is 2.48. The second kappa shape index (κ2) is 7.17. The molecule has 2 N–H and O–H groups in total. The number of nitrogens with one attached hydrogen (secondary N) is 2. The van der Waals surface area contributed by atoms with E-state index in [2.05, 4.69) is 26.6 Å². The molecule has 2 aromatic rings. The quantitative estimate of drug-likeness (QED) is 0.872. The number of halogens is 2. The zero-order valence-electron chi connectivity index (χ0n) is 11.8. The summed E-state index contributed by atoms with van der Waals surface area (Å²) < 4.78 is 14.3. The lowest BCUT2D eigenvalue weighted by molar-refractivity contribution is -0.119. The van der Waals surface area contributed by atoms with Crippen LogP contribution in [0.25, 0.3) is 0 Å². The van der Waals surface area contributed by atoms with Crippen molar-refractivity contribution in [2.45, 2.75) is 13.5 Å². The topological polar surface area (TPSA) is 58.2 Å². The number of hydrogen-bond donors (Lipinski definition) is 2. The normalized spacial score (nSPS) is 10.1. The Hall–Kier alpha value is -2.21. The molecule has 0 radical (unpaired) electrons. The number of benzene rings is 2. The van der Waals surface area contributed by atoms with Crippen LogP contribution in [0, 0.1) is 5.82 Å². The Morgan fingerprint density at radius 3 is 2.41 bits per heavy atom. The highest BCUT2D eigenvalue weighted by Gasteiger charge is 2.09. The van der Waals surface area contributed by atoms with E-state index in [1.54, 1.807) is 30.3 Å². The number of carbonyl (C=O) groups is 2. The first-order valence-corrected chi connectivity index (χ1v) is 7.35. The molecule has 0 saturated heterocycles. The fourth-order valence-electron chi connectivity index (χ4n) is 1.79. The van der Waals surface area contributed by atoms with Crippen LogP contribution in [0.1, 0.15) is 22.8 Å².